The molecule has 0 saturated carbocycles. The van der Waals surface area contributed by atoms with Crippen LogP contribution in [-0.2, 0) is 4.74 Å². The van der Waals surface area contributed by atoms with Gasteiger partial charge in [-0.3, -0.25) is 0 Å². The Kier molecular flexibility index (Phi) is 8.33. The third-order valence-corrected chi connectivity index (χ3v) is 1.78. The van der Waals surface area contributed by atoms with Gasteiger partial charge in [-0.2, -0.15) is 0 Å². The number of likely N-dealkylation sites (N-methyl/N-ethyl adjacent to an activating group) is 2. The summed E-state index contributed by atoms with van der Waals surface area (Å²) in [5, 5.41) is 12.4. The summed E-state index contributed by atoms with van der Waals surface area (Å²) in [4.78, 5) is 2.07. The SMILES string of the molecule is CCOCCN(C)CC(O)CNC. The molecule has 0 spiro atoms. The lowest BCUT2D eigenvalue weighted by molar-refractivity contribution is 0.0895. The van der Waals surface area contributed by atoms with Crippen LogP contribution in [0.4, 0.5) is 0 Å². The van der Waals surface area contributed by atoms with Crippen LogP contribution in [0.25, 0.3) is 0 Å². The van der Waals surface area contributed by atoms with Crippen molar-refractivity contribution in [2.75, 3.05) is 46.9 Å². The predicted molar refractivity (Wildman–Crippen MR) is 53.9 cm³/mol. The number of nitrogens with zero attached hydrogens (tertiary/aromatic N) is 1. The summed E-state index contributed by atoms with van der Waals surface area (Å²) in [7, 11) is 3.82. The molecule has 4 heteroatoms. The lowest BCUT2D eigenvalue weighted by Crippen LogP contribution is -2.36. The van der Waals surface area contributed by atoms with Crippen molar-refractivity contribution >= 4 is 0 Å². The van der Waals surface area contributed by atoms with Gasteiger partial charge in [-0.05, 0) is 21.0 Å². The molecular formula is C9H22N2O2. The minimum Gasteiger partial charge on any atom is -0.390 e. The van der Waals surface area contributed by atoms with Crippen LogP contribution >= 0.6 is 0 Å². The summed E-state index contributed by atoms with van der Waals surface area (Å²) in [6.45, 7) is 5.67. The van der Waals surface area contributed by atoms with E-state index in [1.54, 1.807) is 0 Å². The zero-order chi connectivity index (χ0) is 10.1. The first-order valence-electron chi connectivity index (χ1n) is 4.79. The highest BCUT2D eigenvalue weighted by Crippen LogP contribution is 1.88. The Morgan fingerprint density at radius 3 is 2.77 bits per heavy atom. The molecule has 0 aliphatic carbocycles. The van der Waals surface area contributed by atoms with Crippen molar-refractivity contribution in [1.82, 2.24) is 10.2 Å². The minimum atomic E-state index is -0.295. The zero-order valence-electron chi connectivity index (χ0n) is 8.92. The number of hydrogen-bond acceptors (Lipinski definition) is 4. The van der Waals surface area contributed by atoms with Gasteiger partial charge in [0.2, 0.25) is 0 Å². The van der Waals surface area contributed by atoms with Crippen LogP contribution < -0.4 is 5.32 Å². The van der Waals surface area contributed by atoms with E-state index in [1.807, 2.05) is 21.0 Å². The third-order valence-electron chi connectivity index (χ3n) is 1.78. The summed E-state index contributed by atoms with van der Waals surface area (Å²) >= 11 is 0. The van der Waals surface area contributed by atoms with E-state index < -0.39 is 0 Å². The lowest BCUT2D eigenvalue weighted by Gasteiger charge is -2.19. The van der Waals surface area contributed by atoms with Crippen molar-refractivity contribution < 1.29 is 9.84 Å². The number of aliphatic hydroxyl groups excluding tert-OH is 1. The molecule has 0 fully saturated rings. The van der Waals surface area contributed by atoms with E-state index in [2.05, 4.69) is 10.2 Å². The molecule has 0 aromatic rings. The quantitative estimate of drug-likeness (QED) is 0.508. The highest BCUT2D eigenvalue weighted by atomic mass is 16.5. The summed E-state index contributed by atoms with van der Waals surface area (Å²) in [5.41, 5.74) is 0. The molecule has 0 aromatic carbocycles. The van der Waals surface area contributed by atoms with Gasteiger partial charge < -0.3 is 20.1 Å². The molecule has 13 heavy (non-hydrogen) atoms. The van der Waals surface area contributed by atoms with Gasteiger partial charge >= 0.3 is 0 Å². The van der Waals surface area contributed by atoms with Gasteiger partial charge in [-0.15, -0.1) is 0 Å². The molecule has 1 atom stereocenters. The zero-order valence-corrected chi connectivity index (χ0v) is 8.92. The van der Waals surface area contributed by atoms with Crippen molar-refractivity contribution in [2.45, 2.75) is 13.0 Å². The third kappa shape index (κ3) is 8.18. The maximum Gasteiger partial charge on any atom is 0.0791 e. The molecule has 0 aliphatic rings. The maximum absolute atomic E-state index is 9.43. The Balaban J connectivity index is 3.32. The number of aliphatic hydroxyl groups is 1. The molecule has 4 nitrogen and oxygen atoms in total. The Hall–Kier alpha value is -0.160. The largest absolute Gasteiger partial charge is 0.390 e. The van der Waals surface area contributed by atoms with Crippen LogP contribution in [0, 0.1) is 0 Å². The van der Waals surface area contributed by atoms with E-state index >= 15 is 0 Å². The molecule has 1 unspecified atom stereocenters. The van der Waals surface area contributed by atoms with E-state index in [9.17, 15) is 5.11 Å². The average molecular weight is 190 g/mol. The Morgan fingerprint density at radius 1 is 1.54 bits per heavy atom. The first-order valence-corrected chi connectivity index (χ1v) is 4.79. The van der Waals surface area contributed by atoms with Gasteiger partial charge in [0.1, 0.15) is 0 Å². The summed E-state index contributed by atoms with van der Waals surface area (Å²) in [6, 6.07) is 0. The standard InChI is InChI=1S/C9H22N2O2/c1-4-13-6-5-11(3)8-9(12)7-10-2/h9-10,12H,4-8H2,1-3H3. The van der Waals surface area contributed by atoms with Gasteiger partial charge in [0.05, 0.1) is 12.7 Å². The molecule has 2 N–H and O–H groups in total. The number of ether oxygens (including phenoxy) is 1. The number of hydrogen-bond donors (Lipinski definition) is 2. The van der Waals surface area contributed by atoms with Crippen LogP contribution in [-0.4, -0.2) is 63.1 Å². The Bertz CT molecular complexity index is 112. The maximum atomic E-state index is 9.43. The predicted octanol–water partition coefficient (Wildman–Crippen LogP) is -0.465. The summed E-state index contributed by atoms with van der Waals surface area (Å²) in [6.07, 6.45) is -0.295. The second-order valence-electron chi connectivity index (χ2n) is 3.17. The Morgan fingerprint density at radius 2 is 2.23 bits per heavy atom. The summed E-state index contributed by atoms with van der Waals surface area (Å²) in [5.74, 6) is 0. The van der Waals surface area contributed by atoms with Crippen LogP contribution in [0.3, 0.4) is 0 Å². The normalized spacial score (nSPS) is 13.6. The van der Waals surface area contributed by atoms with Gasteiger partial charge in [0.25, 0.3) is 0 Å². The highest BCUT2D eigenvalue weighted by molar-refractivity contribution is 4.62. The molecule has 0 heterocycles. The second kappa shape index (κ2) is 8.44. The fraction of sp³-hybridized carbons (Fsp3) is 1.00. The van der Waals surface area contributed by atoms with Crippen LogP contribution in [0.1, 0.15) is 6.92 Å². The molecule has 0 bridgehead atoms. The second-order valence-corrected chi connectivity index (χ2v) is 3.17. The first kappa shape index (κ1) is 12.8. The van der Waals surface area contributed by atoms with Crippen molar-refractivity contribution in [3.63, 3.8) is 0 Å². The number of rotatable bonds is 8. The smallest absolute Gasteiger partial charge is 0.0791 e. The topological polar surface area (TPSA) is 44.7 Å². The lowest BCUT2D eigenvalue weighted by atomic mass is 10.3. The van der Waals surface area contributed by atoms with Gasteiger partial charge in [0, 0.05) is 26.2 Å². The van der Waals surface area contributed by atoms with E-state index in [0.717, 1.165) is 19.8 Å². The van der Waals surface area contributed by atoms with Crippen molar-refractivity contribution in [3.8, 4) is 0 Å². The first-order chi connectivity index (χ1) is 6.20. The summed E-state index contributed by atoms with van der Waals surface area (Å²) < 4.78 is 5.21. The molecule has 0 aromatic heterocycles. The average Bonchev–Trinajstić information content (AvgIpc) is 2.05. The fourth-order valence-electron chi connectivity index (χ4n) is 1.12. The fourth-order valence-corrected chi connectivity index (χ4v) is 1.12. The van der Waals surface area contributed by atoms with Gasteiger partial charge in [-0.1, -0.05) is 0 Å². The van der Waals surface area contributed by atoms with Gasteiger partial charge in [-0.25, -0.2) is 0 Å². The van der Waals surface area contributed by atoms with E-state index in [0.29, 0.717) is 13.1 Å². The highest BCUT2D eigenvalue weighted by Gasteiger charge is 2.06. The van der Waals surface area contributed by atoms with Crippen molar-refractivity contribution in [1.29, 1.82) is 0 Å². The Labute approximate surface area is 80.9 Å². The monoisotopic (exact) mass is 190 g/mol. The molecule has 0 saturated heterocycles. The van der Waals surface area contributed by atoms with E-state index in [4.69, 9.17) is 4.74 Å². The number of nitrogens with one attached hydrogen (secondary N) is 1. The molecule has 0 radical (unpaired) electrons. The molecule has 80 valence electrons. The minimum absolute atomic E-state index is 0.295. The van der Waals surface area contributed by atoms with Gasteiger partial charge in [0.15, 0.2) is 0 Å². The molecular weight excluding hydrogens is 168 g/mol. The van der Waals surface area contributed by atoms with E-state index in [-0.39, 0.29) is 6.10 Å². The van der Waals surface area contributed by atoms with Crippen molar-refractivity contribution in [2.24, 2.45) is 0 Å². The molecule has 0 aliphatic heterocycles. The van der Waals surface area contributed by atoms with Crippen molar-refractivity contribution in [3.05, 3.63) is 0 Å². The van der Waals surface area contributed by atoms with Crippen LogP contribution in [0.15, 0.2) is 0 Å². The van der Waals surface area contributed by atoms with E-state index in [1.165, 1.54) is 0 Å². The molecule has 0 amide bonds. The van der Waals surface area contributed by atoms with Crippen LogP contribution in [0.5, 0.6) is 0 Å². The van der Waals surface area contributed by atoms with Crippen LogP contribution in [0.2, 0.25) is 0 Å². The molecule has 0 rings (SSSR count).